The summed E-state index contributed by atoms with van der Waals surface area (Å²) in [6.45, 7) is 0. The maximum atomic E-state index is 5.97. The molecular weight excluding hydrogens is 1150 g/mol. The SMILES string of the molecule is COc1cc(CCc2c(CCc3cc(OC)c(OC)c(OC)c3)c(CCc3cc(OC)c(OC)c(OC)c3)c(CCc3cc(OC)c(OC)c(OC)c3)c(CCc3cc(OC)c(OC)c(OC)c3)c2CCc2cc(OC)c(OC)c(OC)c2)cc(OC)c1OC. The predicted molar refractivity (Wildman–Crippen MR) is 347 cm³/mol. The monoisotopic (exact) mass is 1240 g/mol. The molecule has 0 N–H and O–H groups in total. The molecule has 7 aromatic carbocycles. The highest BCUT2D eigenvalue weighted by molar-refractivity contribution is 5.61. The fraction of sp³-hybridized carbons (Fsp3) is 0.417. The number of aryl methyl sites for hydroxylation is 6. The Morgan fingerprint density at radius 2 is 0.244 bits per heavy atom. The lowest BCUT2D eigenvalue weighted by Gasteiger charge is -2.29. The summed E-state index contributed by atoms with van der Waals surface area (Å²) in [5, 5.41) is 0. The lowest BCUT2D eigenvalue weighted by atomic mass is 9.76. The normalized spacial score (nSPS) is 10.9. The van der Waals surface area contributed by atoms with Gasteiger partial charge in [-0.05, 0) is 217 Å². The molecule has 0 fully saturated rings. The maximum Gasteiger partial charge on any atom is 0.203 e. The molecule has 0 heterocycles. The van der Waals surface area contributed by atoms with E-state index in [1.165, 1.54) is 33.4 Å². The third-order valence-electron chi connectivity index (χ3n) is 16.5. The molecule has 0 unspecified atom stereocenters. The van der Waals surface area contributed by atoms with Gasteiger partial charge in [0.15, 0.2) is 69.0 Å². The summed E-state index contributed by atoms with van der Waals surface area (Å²) in [6.07, 6.45) is 7.36. The Hall–Kier alpha value is -9.06. The molecule has 0 atom stereocenters. The van der Waals surface area contributed by atoms with E-state index in [2.05, 4.69) is 0 Å². The van der Waals surface area contributed by atoms with Crippen LogP contribution in [0.5, 0.6) is 103 Å². The molecule has 90 heavy (non-hydrogen) atoms. The van der Waals surface area contributed by atoms with Crippen LogP contribution in [-0.4, -0.2) is 128 Å². The van der Waals surface area contributed by atoms with E-state index < -0.39 is 0 Å². The van der Waals surface area contributed by atoms with Crippen LogP contribution in [0.15, 0.2) is 72.8 Å². The molecule has 0 aliphatic rings. The molecule has 0 spiro atoms. The summed E-state index contributed by atoms with van der Waals surface area (Å²) in [7, 11) is 29.4. The van der Waals surface area contributed by atoms with Gasteiger partial charge in [0.25, 0.3) is 0 Å². The Morgan fingerprint density at radius 1 is 0.144 bits per heavy atom. The van der Waals surface area contributed by atoms with Crippen LogP contribution < -0.4 is 85.3 Å². The smallest absolute Gasteiger partial charge is 0.203 e. The van der Waals surface area contributed by atoms with E-state index in [0.717, 1.165) is 33.4 Å². The van der Waals surface area contributed by atoms with Gasteiger partial charge in [0, 0.05) is 0 Å². The summed E-state index contributed by atoms with van der Waals surface area (Å²) < 4.78 is 107. The first-order valence-electron chi connectivity index (χ1n) is 29.7. The largest absolute Gasteiger partial charge is 0.493 e. The molecule has 18 nitrogen and oxygen atoms in total. The number of methoxy groups -OCH3 is 18. The summed E-state index contributed by atoms with van der Waals surface area (Å²) in [5.41, 5.74) is 13.3. The number of rotatable bonds is 36. The standard InChI is InChI=1S/C72H90O18/c1-73-55-31-43(32-56(74-2)67(55)85-13)19-25-49-50(26-20-44-33-57(75-3)68(86-14)58(34-44)76-4)52(28-22-46-37-61(79-7)70(88-16)62(38-46)80-8)54(30-24-48-41-65(83-11)72(90-18)66(42-48)84-12)53(29-23-47-39-63(81-9)71(89-17)64(40-47)82-10)51(49)27-21-45-35-59(77-5)69(87-15)60(36-45)78-6/h31-42H,19-30H2,1-18H3. The van der Waals surface area contributed by atoms with Crippen molar-refractivity contribution in [3.05, 3.63) is 140 Å². The van der Waals surface area contributed by atoms with Gasteiger partial charge >= 0.3 is 0 Å². The summed E-state index contributed by atoms with van der Waals surface area (Å²) in [6, 6.07) is 24.4. The van der Waals surface area contributed by atoms with Crippen LogP contribution in [0.25, 0.3) is 0 Å². The number of hydrogen-bond acceptors (Lipinski definition) is 18. The van der Waals surface area contributed by atoms with Crippen LogP contribution in [0.1, 0.15) is 66.8 Å². The van der Waals surface area contributed by atoms with Gasteiger partial charge in [-0.25, -0.2) is 0 Å². The molecule has 18 heteroatoms. The second-order valence-electron chi connectivity index (χ2n) is 21.1. The van der Waals surface area contributed by atoms with E-state index in [0.29, 0.717) is 181 Å². The zero-order chi connectivity index (χ0) is 65.0. The van der Waals surface area contributed by atoms with Crippen molar-refractivity contribution in [2.45, 2.75) is 77.0 Å². The van der Waals surface area contributed by atoms with Crippen molar-refractivity contribution >= 4 is 0 Å². The fourth-order valence-electron chi connectivity index (χ4n) is 12.2. The second kappa shape index (κ2) is 33.0. The molecule has 0 saturated heterocycles. The Bertz CT molecular complexity index is 2770. The minimum absolute atomic E-state index is 0.514. The highest BCUT2D eigenvalue weighted by atomic mass is 16.6. The fourth-order valence-corrected chi connectivity index (χ4v) is 12.2. The van der Waals surface area contributed by atoms with Gasteiger partial charge in [0.05, 0.1) is 128 Å². The molecule has 0 aliphatic heterocycles. The van der Waals surface area contributed by atoms with Crippen LogP contribution in [0.2, 0.25) is 0 Å². The molecule has 0 saturated carbocycles. The van der Waals surface area contributed by atoms with E-state index in [1.807, 2.05) is 72.8 Å². The predicted octanol–water partition coefficient (Wildman–Crippen LogP) is 12.6. The Balaban J connectivity index is 1.63. The number of ether oxygens (including phenoxy) is 18. The van der Waals surface area contributed by atoms with Crippen molar-refractivity contribution in [3.63, 3.8) is 0 Å². The highest BCUT2D eigenvalue weighted by Gasteiger charge is 2.28. The molecule has 0 amide bonds. The van der Waals surface area contributed by atoms with Crippen LogP contribution in [0.4, 0.5) is 0 Å². The molecule has 0 bridgehead atoms. The van der Waals surface area contributed by atoms with Crippen molar-refractivity contribution in [1.29, 1.82) is 0 Å². The second-order valence-corrected chi connectivity index (χ2v) is 21.1. The average Bonchev–Trinajstić information content (AvgIpc) is 0.826. The van der Waals surface area contributed by atoms with E-state index in [1.54, 1.807) is 128 Å². The summed E-state index contributed by atoms with van der Waals surface area (Å²) >= 11 is 0. The molecule has 0 aliphatic carbocycles. The maximum absolute atomic E-state index is 5.97. The van der Waals surface area contributed by atoms with E-state index in [9.17, 15) is 0 Å². The third kappa shape index (κ3) is 15.3. The van der Waals surface area contributed by atoms with Gasteiger partial charge in [0.1, 0.15) is 0 Å². The van der Waals surface area contributed by atoms with Crippen molar-refractivity contribution < 1.29 is 85.3 Å². The van der Waals surface area contributed by atoms with Crippen molar-refractivity contribution in [1.82, 2.24) is 0 Å². The lowest BCUT2D eigenvalue weighted by Crippen LogP contribution is -2.18. The summed E-state index contributed by atoms with van der Waals surface area (Å²) in [4.78, 5) is 0. The van der Waals surface area contributed by atoms with Crippen molar-refractivity contribution in [2.75, 3.05) is 128 Å². The zero-order valence-electron chi connectivity index (χ0n) is 55.8. The van der Waals surface area contributed by atoms with Gasteiger partial charge in [0.2, 0.25) is 34.5 Å². The zero-order valence-corrected chi connectivity index (χ0v) is 55.8. The Kier molecular flexibility index (Phi) is 25.1. The first-order valence-corrected chi connectivity index (χ1v) is 29.7. The topological polar surface area (TPSA) is 166 Å². The van der Waals surface area contributed by atoms with Gasteiger partial charge in [-0.1, -0.05) is 0 Å². The van der Waals surface area contributed by atoms with Crippen LogP contribution in [-0.2, 0) is 77.0 Å². The first-order chi connectivity index (χ1) is 43.8. The van der Waals surface area contributed by atoms with Crippen LogP contribution in [0, 0.1) is 0 Å². The molecule has 486 valence electrons. The highest BCUT2D eigenvalue weighted by Crippen LogP contribution is 2.46. The van der Waals surface area contributed by atoms with Gasteiger partial charge in [-0.2, -0.15) is 0 Å². The quantitative estimate of drug-likeness (QED) is 0.0364. The minimum Gasteiger partial charge on any atom is -0.493 e. The van der Waals surface area contributed by atoms with Crippen molar-refractivity contribution in [3.8, 4) is 103 Å². The lowest BCUT2D eigenvalue weighted by molar-refractivity contribution is 0.323. The molecular formula is C72H90O18. The van der Waals surface area contributed by atoms with E-state index >= 15 is 0 Å². The molecule has 0 aromatic heterocycles. The van der Waals surface area contributed by atoms with Gasteiger partial charge in [-0.3, -0.25) is 0 Å². The van der Waals surface area contributed by atoms with E-state index in [-0.39, 0.29) is 0 Å². The van der Waals surface area contributed by atoms with Crippen LogP contribution >= 0.6 is 0 Å². The molecule has 0 radical (unpaired) electrons. The van der Waals surface area contributed by atoms with Crippen LogP contribution in [0.3, 0.4) is 0 Å². The Morgan fingerprint density at radius 3 is 0.322 bits per heavy atom. The Labute approximate surface area is 531 Å². The van der Waals surface area contributed by atoms with Gasteiger partial charge in [-0.15, -0.1) is 0 Å². The summed E-state index contributed by atoms with van der Waals surface area (Å²) in [5.74, 6) is 9.88. The third-order valence-corrected chi connectivity index (χ3v) is 16.5. The number of hydrogen-bond donors (Lipinski definition) is 0. The average molecular weight is 1240 g/mol. The number of benzene rings is 7. The van der Waals surface area contributed by atoms with Gasteiger partial charge < -0.3 is 85.3 Å². The van der Waals surface area contributed by atoms with E-state index in [4.69, 9.17) is 85.3 Å². The minimum atomic E-state index is 0.514. The molecule has 7 aromatic rings. The first kappa shape index (κ1) is 68.4. The van der Waals surface area contributed by atoms with Crippen molar-refractivity contribution in [2.24, 2.45) is 0 Å². The molecule has 7 rings (SSSR count).